The molecule has 3 heterocycles. The van der Waals surface area contributed by atoms with E-state index in [4.69, 9.17) is 4.74 Å². The molecule has 0 saturated carbocycles. The third-order valence-electron chi connectivity index (χ3n) is 5.19. The largest absolute Gasteiger partial charge is 0.487 e. The number of anilines is 1. The van der Waals surface area contributed by atoms with Crippen molar-refractivity contribution >= 4 is 31.0 Å². The number of likely N-dealkylation sites (N-methyl/N-ethyl adjacent to an activating group) is 1. The predicted molar refractivity (Wildman–Crippen MR) is 108 cm³/mol. The first-order chi connectivity index (χ1) is 12.4. The number of rotatable bonds is 2. The van der Waals surface area contributed by atoms with Crippen molar-refractivity contribution in [3.05, 3.63) is 33.9 Å². The zero-order valence-corrected chi connectivity index (χ0v) is 15.2. The lowest BCUT2D eigenvalue weighted by atomic mass is 10.1. The van der Waals surface area contributed by atoms with Crippen LogP contribution in [-0.2, 0) is 0 Å². The number of piperazine rings is 1. The molecule has 0 spiro atoms. The maximum Gasteiger partial charge on any atom is 0.341 e. The van der Waals surface area contributed by atoms with Crippen molar-refractivity contribution in [1.82, 2.24) is 9.47 Å². The lowest BCUT2D eigenvalue weighted by Crippen LogP contribution is -2.45. The monoisotopic (exact) mass is 388 g/mol. The van der Waals surface area contributed by atoms with E-state index in [1.807, 2.05) is 18.9 Å². The molecule has 1 saturated heterocycles. The SMILES string of the molecule is C.C[C@H]1COc2c(N3CCN(C)CC3)c(F)cc3c(=O)c(C(=O)O)cn1c23.[B]. The topological polar surface area (TPSA) is 75.0 Å². The molecule has 2 aliphatic heterocycles. The minimum absolute atomic E-state index is 0. The summed E-state index contributed by atoms with van der Waals surface area (Å²) in [5, 5.41) is 9.36. The summed E-state index contributed by atoms with van der Waals surface area (Å²) < 4.78 is 22.6. The first-order valence-electron chi connectivity index (χ1n) is 8.59. The van der Waals surface area contributed by atoms with Crippen LogP contribution in [0.25, 0.3) is 10.9 Å². The van der Waals surface area contributed by atoms with Crippen molar-refractivity contribution in [3.8, 4) is 5.75 Å². The molecule has 1 aromatic heterocycles. The first-order valence-corrected chi connectivity index (χ1v) is 8.59. The minimum Gasteiger partial charge on any atom is -0.487 e. The van der Waals surface area contributed by atoms with Gasteiger partial charge in [0, 0.05) is 40.8 Å². The Kier molecular flexibility index (Phi) is 6.08. The van der Waals surface area contributed by atoms with E-state index in [2.05, 4.69) is 4.90 Å². The Morgan fingerprint density at radius 3 is 2.54 bits per heavy atom. The van der Waals surface area contributed by atoms with Gasteiger partial charge in [0.05, 0.1) is 16.9 Å². The van der Waals surface area contributed by atoms with E-state index in [9.17, 15) is 19.1 Å². The van der Waals surface area contributed by atoms with Gasteiger partial charge < -0.3 is 24.2 Å². The molecule has 0 amide bonds. The summed E-state index contributed by atoms with van der Waals surface area (Å²) >= 11 is 0. The third-order valence-corrected chi connectivity index (χ3v) is 5.19. The van der Waals surface area contributed by atoms with Gasteiger partial charge in [0.15, 0.2) is 11.6 Å². The van der Waals surface area contributed by atoms with Crippen molar-refractivity contribution in [2.45, 2.75) is 20.4 Å². The Labute approximate surface area is 164 Å². The van der Waals surface area contributed by atoms with Crippen LogP contribution < -0.4 is 15.1 Å². The lowest BCUT2D eigenvalue weighted by molar-refractivity contribution is 0.0694. The van der Waals surface area contributed by atoms with Crippen molar-refractivity contribution in [2.75, 3.05) is 44.7 Å². The van der Waals surface area contributed by atoms with E-state index < -0.39 is 17.2 Å². The predicted octanol–water partition coefficient (Wildman–Crippen LogP) is 1.80. The van der Waals surface area contributed by atoms with Crippen molar-refractivity contribution in [2.24, 2.45) is 0 Å². The van der Waals surface area contributed by atoms with Gasteiger partial charge in [-0.05, 0) is 20.0 Å². The fourth-order valence-corrected chi connectivity index (χ4v) is 3.69. The summed E-state index contributed by atoms with van der Waals surface area (Å²) in [7, 11) is 2.02. The number of hydrogen-bond acceptors (Lipinski definition) is 5. The van der Waals surface area contributed by atoms with Crippen LogP contribution in [0.15, 0.2) is 17.1 Å². The normalized spacial score (nSPS) is 18.8. The molecule has 0 aliphatic carbocycles. The molecule has 0 bridgehead atoms. The summed E-state index contributed by atoms with van der Waals surface area (Å²) in [6, 6.07) is 0.994. The molecule has 1 atom stereocenters. The quantitative estimate of drug-likeness (QED) is 0.791. The zero-order chi connectivity index (χ0) is 18.6. The average molecular weight is 388 g/mol. The molecule has 1 fully saturated rings. The van der Waals surface area contributed by atoms with Crippen LogP contribution in [0.5, 0.6) is 5.75 Å². The average Bonchev–Trinajstić information content (AvgIpc) is 2.60. The Bertz CT molecular complexity index is 970. The highest BCUT2D eigenvalue weighted by molar-refractivity contribution is 5.97. The van der Waals surface area contributed by atoms with Gasteiger partial charge in [0.2, 0.25) is 5.43 Å². The number of benzene rings is 1. The Hall–Kier alpha value is -2.55. The Morgan fingerprint density at radius 2 is 1.93 bits per heavy atom. The van der Waals surface area contributed by atoms with Gasteiger partial charge in [0.25, 0.3) is 0 Å². The lowest BCUT2D eigenvalue weighted by Gasteiger charge is -2.37. The fraction of sp³-hybridized carbons (Fsp3) is 0.474. The highest BCUT2D eigenvalue weighted by Gasteiger charge is 2.30. The van der Waals surface area contributed by atoms with Gasteiger partial charge >= 0.3 is 5.97 Å². The molecule has 3 radical (unpaired) electrons. The molecular formula is C19H24BFN3O4. The number of nitrogens with zero attached hydrogens (tertiary/aromatic N) is 3. The van der Waals surface area contributed by atoms with Crippen LogP contribution in [0.3, 0.4) is 0 Å². The summed E-state index contributed by atoms with van der Waals surface area (Å²) in [6.45, 7) is 5.08. The maximum absolute atomic E-state index is 15.0. The van der Waals surface area contributed by atoms with Gasteiger partial charge in [-0.2, -0.15) is 0 Å². The van der Waals surface area contributed by atoms with Crippen LogP contribution in [0.2, 0.25) is 0 Å². The van der Waals surface area contributed by atoms with Gasteiger partial charge in [-0.3, -0.25) is 4.79 Å². The number of ether oxygens (including phenoxy) is 1. The van der Waals surface area contributed by atoms with Crippen LogP contribution in [-0.4, -0.2) is 68.8 Å². The van der Waals surface area contributed by atoms with E-state index in [1.54, 1.807) is 4.57 Å². The number of aromatic nitrogens is 1. The number of carboxylic acid groups (broad SMARTS) is 1. The smallest absolute Gasteiger partial charge is 0.341 e. The van der Waals surface area contributed by atoms with Gasteiger partial charge in [-0.25, -0.2) is 9.18 Å². The number of aromatic carboxylic acids is 1. The van der Waals surface area contributed by atoms with Crippen molar-refractivity contribution in [1.29, 1.82) is 0 Å². The highest BCUT2D eigenvalue weighted by Crippen LogP contribution is 2.42. The molecule has 2 aromatic rings. The summed E-state index contributed by atoms with van der Waals surface area (Å²) in [4.78, 5) is 28.1. The number of hydrogen-bond donors (Lipinski definition) is 1. The summed E-state index contributed by atoms with van der Waals surface area (Å²) in [6.07, 6.45) is 1.34. The van der Waals surface area contributed by atoms with E-state index >= 15 is 0 Å². The van der Waals surface area contributed by atoms with Crippen LogP contribution in [0, 0.1) is 5.82 Å². The summed E-state index contributed by atoms with van der Waals surface area (Å²) in [5.41, 5.74) is -0.224. The van der Waals surface area contributed by atoms with Gasteiger partial charge in [-0.15, -0.1) is 0 Å². The maximum atomic E-state index is 15.0. The molecule has 28 heavy (non-hydrogen) atoms. The number of halogens is 1. The molecule has 4 rings (SSSR count). The van der Waals surface area contributed by atoms with E-state index in [-0.39, 0.29) is 39.4 Å². The molecule has 0 unspecified atom stereocenters. The second-order valence-corrected chi connectivity index (χ2v) is 6.97. The third kappa shape index (κ3) is 3.24. The second-order valence-electron chi connectivity index (χ2n) is 6.97. The zero-order valence-electron chi connectivity index (χ0n) is 15.2. The summed E-state index contributed by atoms with van der Waals surface area (Å²) in [5.74, 6) is -1.54. The number of carboxylic acids is 1. The molecule has 1 N–H and O–H groups in total. The molecule has 7 nitrogen and oxygen atoms in total. The molecule has 1 aromatic carbocycles. The van der Waals surface area contributed by atoms with E-state index in [0.717, 1.165) is 19.2 Å². The highest BCUT2D eigenvalue weighted by atomic mass is 19.1. The van der Waals surface area contributed by atoms with Crippen LogP contribution >= 0.6 is 0 Å². The van der Waals surface area contributed by atoms with Crippen molar-refractivity contribution in [3.63, 3.8) is 0 Å². The molecule has 9 heteroatoms. The van der Waals surface area contributed by atoms with E-state index in [1.165, 1.54) is 6.20 Å². The number of carbonyl (C=O) groups is 1. The fourth-order valence-electron chi connectivity index (χ4n) is 3.69. The van der Waals surface area contributed by atoms with Gasteiger partial charge in [0.1, 0.15) is 17.9 Å². The van der Waals surface area contributed by atoms with Crippen molar-refractivity contribution < 1.29 is 19.0 Å². The number of pyridine rings is 1. The van der Waals surface area contributed by atoms with Gasteiger partial charge in [-0.1, -0.05) is 7.43 Å². The minimum atomic E-state index is -1.32. The molecule has 2 aliphatic rings. The first kappa shape index (κ1) is 21.8. The molecule has 149 valence electrons. The van der Waals surface area contributed by atoms with E-state index in [0.29, 0.717) is 30.0 Å². The Morgan fingerprint density at radius 1 is 1.29 bits per heavy atom. The standard InChI is InChI=1S/C18H20FN3O4.CH4.B/c1-10-9-26-17-14-11(16(23)12(18(24)25)8-22(10)14)7-13(19)15(17)21-5-3-20(2)4-6-21;;/h7-8,10H,3-6,9H2,1-2H3,(H,24,25);1H4;/t10-;;/m0../s1. The molecular weight excluding hydrogens is 364 g/mol. The van der Waals surface area contributed by atoms with Crippen LogP contribution in [0.4, 0.5) is 10.1 Å². The van der Waals surface area contributed by atoms with Crippen LogP contribution in [0.1, 0.15) is 30.8 Å². The Balaban J connectivity index is 0.00000140. The second kappa shape index (κ2) is 7.83.